The molecule has 0 spiro atoms. The third kappa shape index (κ3) is 4.95. The van der Waals surface area contributed by atoms with Crippen LogP contribution in [-0.4, -0.2) is 26.9 Å². The van der Waals surface area contributed by atoms with Gasteiger partial charge in [-0.3, -0.25) is 0 Å². The minimum Gasteiger partial charge on any atom is -0.494 e. The second-order valence-electron chi connectivity index (χ2n) is 4.22. The van der Waals surface area contributed by atoms with Crippen molar-refractivity contribution in [2.24, 2.45) is 5.92 Å². The average molecular weight is 239 g/mol. The van der Waals surface area contributed by atoms with Gasteiger partial charge in [-0.05, 0) is 18.1 Å². The number of hydrogen-bond acceptors (Lipinski definition) is 4. The lowest BCUT2D eigenvalue weighted by atomic mass is 10.2. The standard InChI is InChI=1S/C13H21NO3/c1-10(2)9-16-6-7-17-11-4-5-12(14)13(8-11)15-3/h4-5,8,10H,6-7,9,14H2,1-3H3. The van der Waals surface area contributed by atoms with E-state index in [-0.39, 0.29) is 0 Å². The van der Waals surface area contributed by atoms with Gasteiger partial charge in [0.05, 0.1) is 19.4 Å². The zero-order chi connectivity index (χ0) is 12.7. The molecule has 96 valence electrons. The second kappa shape index (κ2) is 7.01. The van der Waals surface area contributed by atoms with Gasteiger partial charge in [0.15, 0.2) is 0 Å². The molecule has 2 N–H and O–H groups in total. The molecule has 4 nitrogen and oxygen atoms in total. The fourth-order valence-electron chi connectivity index (χ4n) is 1.32. The van der Waals surface area contributed by atoms with Crippen LogP contribution in [0, 0.1) is 5.92 Å². The Morgan fingerprint density at radius 1 is 1.24 bits per heavy atom. The monoisotopic (exact) mass is 239 g/mol. The molecule has 0 aromatic heterocycles. The summed E-state index contributed by atoms with van der Waals surface area (Å²) in [6, 6.07) is 5.36. The van der Waals surface area contributed by atoms with Crippen LogP contribution in [0.15, 0.2) is 18.2 Å². The molecule has 0 heterocycles. The van der Waals surface area contributed by atoms with Gasteiger partial charge in [-0.2, -0.15) is 0 Å². The number of hydrogen-bond donors (Lipinski definition) is 1. The molecule has 0 aliphatic carbocycles. The molecule has 0 atom stereocenters. The second-order valence-corrected chi connectivity index (χ2v) is 4.22. The van der Waals surface area contributed by atoms with Crippen molar-refractivity contribution in [2.75, 3.05) is 32.7 Å². The Hall–Kier alpha value is -1.42. The van der Waals surface area contributed by atoms with Gasteiger partial charge in [0, 0.05) is 12.7 Å². The zero-order valence-corrected chi connectivity index (χ0v) is 10.7. The lowest BCUT2D eigenvalue weighted by Crippen LogP contribution is -2.10. The maximum Gasteiger partial charge on any atom is 0.145 e. The first-order valence-electron chi connectivity index (χ1n) is 5.77. The van der Waals surface area contributed by atoms with Gasteiger partial charge in [0.1, 0.15) is 18.1 Å². The zero-order valence-electron chi connectivity index (χ0n) is 10.7. The number of methoxy groups -OCH3 is 1. The van der Waals surface area contributed by atoms with E-state index >= 15 is 0 Å². The van der Waals surface area contributed by atoms with Crippen LogP contribution in [0.25, 0.3) is 0 Å². The smallest absolute Gasteiger partial charge is 0.145 e. The van der Waals surface area contributed by atoms with Crippen LogP contribution in [0.2, 0.25) is 0 Å². The topological polar surface area (TPSA) is 53.7 Å². The van der Waals surface area contributed by atoms with E-state index < -0.39 is 0 Å². The molecule has 0 amide bonds. The fourth-order valence-corrected chi connectivity index (χ4v) is 1.32. The Balaban J connectivity index is 2.32. The molecule has 1 aromatic carbocycles. The lowest BCUT2D eigenvalue weighted by Gasteiger charge is -2.10. The maximum atomic E-state index is 5.70. The molecular weight excluding hydrogens is 218 g/mol. The van der Waals surface area contributed by atoms with Gasteiger partial charge in [-0.1, -0.05) is 13.8 Å². The predicted octanol–water partition coefficient (Wildman–Crippen LogP) is 2.33. The summed E-state index contributed by atoms with van der Waals surface area (Å²) < 4.78 is 16.0. The molecule has 17 heavy (non-hydrogen) atoms. The third-order valence-corrected chi connectivity index (χ3v) is 2.15. The van der Waals surface area contributed by atoms with Crippen LogP contribution in [0.4, 0.5) is 5.69 Å². The first-order valence-corrected chi connectivity index (χ1v) is 5.77. The van der Waals surface area contributed by atoms with Gasteiger partial charge in [-0.15, -0.1) is 0 Å². The molecule has 0 saturated carbocycles. The minimum absolute atomic E-state index is 0.528. The first-order chi connectivity index (χ1) is 8.13. The fraction of sp³-hybridized carbons (Fsp3) is 0.538. The van der Waals surface area contributed by atoms with E-state index in [9.17, 15) is 0 Å². The van der Waals surface area contributed by atoms with Crippen molar-refractivity contribution in [2.45, 2.75) is 13.8 Å². The van der Waals surface area contributed by atoms with Crippen LogP contribution < -0.4 is 15.2 Å². The Labute approximate surface area is 103 Å². The highest BCUT2D eigenvalue weighted by Crippen LogP contribution is 2.26. The summed E-state index contributed by atoms with van der Waals surface area (Å²) in [5.41, 5.74) is 6.31. The van der Waals surface area contributed by atoms with E-state index in [4.69, 9.17) is 19.9 Å². The van der Waals surface area contributed by atoms with Gasteiger partial charge in [0.2, 0.25) is 0 Å². The van der Waals surface area contributed by atoms with E-state index in [1.54, 1.807) is 19.2 Å². The number of nitrogen functional groups attached to an aromatic ring is 1. The Bertz CT molecular complexity index is 339. The van der Waals surface area contributed by atoms with Crippen LogP contribution in [0.5, 0.6) is 11.5 Å². The van der Waals surface area contributed by atoms with Crippen LogP contribution in [0.1, 0.15) is 13.8 Å². The Morgan fingerprint density at radius 3 is 2.65 bits per heavy atom. The van der Waals surface area contributed by atoms with Gasteiger partial charge in [0.25, 0.3) is 0 Å². The van der Waals surface area contributed by atoms with Crippen molar-refractivity contribution in [3.63, 3.8) is 0 Å². The van der Waals surface area contributed by atoms with Crippen molar-refractivity contribution >= 4 is 5.69 Å². The van der Waals surface area contributed by atoms with E-state index in [0.717, 1.165) is 12.4 Å². The summed E-state index contributed by atoms with van der Waals surface area (Å²) in [6.45, 7) is 6.11. The van der Waals surface area contributed by atoms with E-state index in [1.807, 2.05) is 6.07 Å². The van der Waals surface area contributed by atoms with Gasteiger partial charge >= 0.3 is 0 Å². The van der Waals surface area contributed by atoms with E-state index in [1.165, 1.54) is 0 Å². The summed E-state index contributed by atoms with van der Waals surface area (Å²) in [4.78, 5) is 0. The molecule has 4 heteroatoms. The van der Waals surface area contributed by atoms with Crippen molar-refractivity contribution in [1.82, 2.24) is 0 Å². The molecule has 0 aliphatic heterocycles. The van der Waals surface area contributed by atoms with Crippen molar-refractivity contribution in [3.8, 4) is 11.5 Å². The quantitative estimate of drug-likeness (QED) is 0.586. The number of benzene rings is 1. The summed E-state index contributed by atoms with van der Waals surface area (Å²) in [7, 11) is 1.58. The molecule has 0 saturated heterocycles. The normalized spacial score (nSPS) is 10.6. The number of rotatable bonds is 7. The lowest BCUT2D eigenvalue weighted by molar-refractivity contribution is 0.0818. The molecule has 0 unspecified atom stereocenters. The molecule has 0 aliphatic rings. The molecule has 0 bridgehead atoms. The summed E-state index contributed by atoms with van der Waals surface area (Å²) in [6.07, 6.45) is 0. The highest BCUT2D eigenvalue weighted by molar-refractivity contribution is 5.55. The summed E-state index contributed by atoms with van der Waals surface area (Å²) >= 11 is 0. The van der Waals surface area contributed by atoms with Crippen LogP contribution in [0.3, 0.4) is 0 Å². The third-order valence-electron chi connectivity index (χ3n) is 2.15. The van der Waals surface area contributed by atoms with Crippen LogP contribution >= 0.6 is 0 Å². The molecule has 1 aromatic rings. The highest BCUT2D eigenvalue weighted by Gasteiger charge is 2.01. The minimum atomic E-state index is 0.528. The van der Waals surface area contributed by atoms with Gasteiger partial charge < -0.3 is 19.9 Å². The SMILES string of the molecule is COc1cc(OCCOCC(C)C)ccc1N. The first kappa shape index (κ1) is 13.6. The molecule has 0 radical (unpaired) electrons. The number of ether oxygens (including phenoxy) is 3. The average Bonchev–Trinajstić information content (AvgIpc) is 2.30. The number of anilines is 1. The summed E-state index contributed by atoms with van der Waals surface area (Å²) in [5, 5.41) is 0. The molecule has 0 fully saturated rings. The van der Waals surface area contributed by atoms with Crippen molar-refractivity contribution in [3.05, 3.63) is 18.2 Å². The number of nitrogens with two attached hydrogens (primary N) is 1. The largest absolute Gasteiger partial charge is 0.494 e. The molecular formula is C13H21NO3. The maximum absolute atomic E-state index is 5.70. The highest BCUT2D eigenvalue weighted by atomic mass is 16.5. The molecule has 1 rings (SSSR count). The van der Waals surface area contributed by atoms with Crippen molar-refractivity contribution < 1.29 is 14.2 Å². The van der Waals surface area contributed by atoms with E-state index in [2.05, 4.69) is 13.8 Å². The Morgan fingerprint density at radius 2 is 2.00 bits per heavy atom. The van der Waals surface area contributed by atoms with Crippen LogP contribution in [-0.2, 0) is 4.74 Å². The van der Waals surface area contributed by atoms with E-state index in [0.29, 0.717) is 30.6 Å². The predicted molar refractivity (Wildman–Crippen MR) is 68.6 cm³/mol. The van der Waals surface area contributed by atoms with Crippen molar-refractivity contribution in [1.29, 1.82) is 0 Å². The Kier molecular flexibility index (Phi) is 5.63. The van der Waals surface area contributed by atoms with Gasteiger partial charge in [-0.25, -0.2) is 0 Å². The summed E-state index contributed by atoms with van der Waals surface area (Å²) in [5.74, 6) is 1.92.